The molecule has 0 aromatic heterocycles. The number of carbonyl (C=O) groups is 1. The lowest BCUT2D eigenvalue weighted by atomic mass is 10.2. The maximum Gasteiger partial charge on any atom is 0.431 e. The molecule has 1 N–H and O–H groups in total. The van der Waals surface area contributed by atoms with Crippen LogP contribution in [0.5, 0.6) is 0 Å². The van der Waals surface area contributed by atoms with Gasteiger partial charge in [0.05, 0.1) is 18.2 Å². The number of allylic oxidation sites excluding steroid dienone is 1. The summed E-state index contributed by atoms with van der Waals surface area (Å²) in [6.07, 6.45) is -9.51. The number of carbonyl (C=O) groups excluding carboxylic acids is 1. The Morgan fingerprint density at radius 2 is 1.86 bits per heavy atom. The third-order valence-electron chi connectivity index (χ3n) is 2.32. The molecular formula is C13H11F6NO2. The number of esters is 1. The first-order chi connectivity index (χ1) is 10.0. The number of halogens is 6. The van der Waals surface area contributed by atoms with E-state index in [0.29, 0.717) is 12.1 Å². The van der Waals surface area contributed by atoms with Crippen LogP contribution in [-0.2, 0) is 15.7 Å². The fourth-order valence-corrected chi connectivity index (χ4v) is 1.42. The van der Waals surface area contributed by atoms with Crippen LogP contribution in [0.25, 0.3) is 0 Å². The second-order valence-corrected chi connectivity index (χ2v) is 4.01. The molecule has 22 heavy (non-hydrogen) atoms. The molecule has 0 aliphatic carbocycles. The zero-order valence-corrected chi connectivity index (χ0v) is 11.2. The van der Waals surface area contributed by atoms with E-state index in [0.717, 1.165) is 12.1 Å². The summed E-state index contributed by atoms with van der Waals surface area (Å²) in [6, 6.07) is 3.18. The highest BCUT2D eigenvalue weighted by atomic mass is 19.4. The predicted molar refractivity (Wildman–Crippen MR) is 65.8 cm³/mol. The summed E-state index contributed by atoms with van der Waals surface area (Å²) in [5, 5.41) is 1.76. The molecule has 0 heterocycles. The van der Waals surface area contributed by atoms with Crippen LogP contribution in [0.15, 0.2) is 36.0 Å². The van der Waals surface area contributed by atoms with Crippen molar-refractivity contribution >= 4 is 11.7 Å². The predicted octanol–water partition coefficient (Wildman–Crippen LogP) is 4.13. The maximum absolute atomic E-state index is 12.8. The van der Waals surface area contributed by atoms with Gasteiger partial charge in [-0.2, -0.15) is 26.3 Å². The minimum absolute atomic E-state index is 0.135. The molecule has 9 heteroatoms. The number of anilines is 1. The lowest BCUT2D eigenvalue weighted by molar-refractivity contribution is -0.138. The Morgan fingerprint density at radius 3 is 2.36 bits per heavy atom. The van der Waals surface area contributed by atoms with Crippen LogP contribution >= 0.6 is 0 Å². The van der Waals surface area contributed by atoms with Gasteiger partial charge in [-0.15, -0.1) is 0 Å². The normalized spacial score (nSPS) is 13.0. The van der Waals surface area contributed by atoms with Crippen LogP contribution in [-0.4, -0.2) is 18.8 Å². The summed E-state index contributed by atoms with van der Waals surface area (Å²) in [6.45, 7) is 1.27. The van der Waals surface area contributed by atoms with E-state index in [-0.39, 0.29) is 12.7 Å². The molecule has 1 aromatic carbocycles. The van der Waals surface area contributed by atoms with Crippen molar-refractivity contribution in [1.29, 1.82) is 0 Å². The number of nitrogens with one attached hydrogen (secondary N) is 1. The minimum atomic E-state index is -4.96. The van der Waals surface area contributed by atoms with Crippen LogP contribution in [0.1, 0.15) is 12.5 Å². The first-order valence-corrected chi connectivity index (χ1v) is 5.94. The van der Waals surface area contributed by atoms with Gasteiger partial charge in [0.1, 0.15) is 5.70 Å². The van der Waals surface area contributed by atoms with E-state index in [1.54, 1.807) is 5.32 Å². The summed E-state index contributed by atoms with van der Waals surface area (Å²) in [5.41, 5.74) is -3.09. The molecule has 1 aromatic rings. The summed E-state index contributed by atoms with van der Waals surface area (Å²) in [4.78, 5) is 11.1. The average Bonchev–Trinajstić information content (AvgIpc) is 2.36. The fourth-order valence-electron chi connectivity index (χ4n) is 1.42. The maximum atomic E-state index is 12.8. The van der Waals surface area contributed by atoms with Crippen LogP contribution in [0.3, 0.4) is 0 Å². The summed E-state index contributed by atoms with van der Waals surface area (Å²) in [5.74, 6) is -1.26. The van der Waals surface area contributed by atoms with Gasteiger partial charge < -0.3 is 10.1 Å². The SMILES string of the molecule is CCOC(=O)C=C(Nc1cccc(C(F)(F)F)c1)C(F)(F)F. The zero-order valence-electron chi connectivity index (χ0n) is 11.2. The molecule has 0 aliphatic heterocycles. The minimum Gasteiger partial charge on any atom is -0.463 e. The molecule has 1 rings (SSSR count). The molecule has 0 saturated carbocycles. The van der Waals surface area contributed by atoms with Crippen molar-refractivity contribution in [3.05, 3.63) is 41.6 Å². The van der Waals surface area contributed by atoms with E-state index >= 15 is 0 Å². The van der Waals surface area contributed by atoms with Crippen LogP contribution < -0.4 is 5.32 Å². The fraction of sp³-hybridized carbons (Fsp3) is 0.308. The molecule has 122 valence electrons. The zero-order chi connectivity index (χ0) is 17.0. The molecule has 0 fully saturated rings. The van der Waals surface area contributed by atoms with Crippen molar-refractivity contribution < 1.29 is 35.9 Å². The van der Waals surface area contributed by atoms with Gasteiger partial charge in [0, 0.05) is 5.69 Å². The third kappa shape index (κ3) is 5.30. The van der Waals surface area contributed by atoms with Gasteiger partial charge in [0.15, 0.2) is 0 Å². The molecule has 0 bridgehead atoms. The van der Waals surface area contributed by atoms with E-state index in [9.17, 15) is 31.1 Å². The lowest BCUT2D eigenvalue weighted by Crippen LogP contribution is -2.21. The highest BCUT2D eigenvalue weighted by Crippen LogP contribution is 2.32. The van der Waals surface area contributed by atoms with E-state index in [1.807, 2.05) is 0 Å². The Balaban J connectivity index is 3.08. The van der Waals surface area contributed by atoms with Crippen molar-refractivity contribution in [2.45, 2.75) is 19.3 Å². The Hall–Kier alpha value is -2.19. The van der Waals surface area contributed by atoms with Gasteiger partial charge >= 0.3 is 18.3 Å². The van der Waals surface area contributed by atoms with E-state index in [4.69, 9.17) is 0 Å². The van der Waals surface area contributed by atoms with E-state index < -0.39 is 35.3 Å². The molecule has 0 radical (unpaired) electrons. The number of alkyl halides is 6. The van der Waals surface area contributed by atoms with Crippen LogP contribution in [0, 0.1) is 0 Å². The number of rotatable bonds is 4. The van der Waals surface area contributed by atoms with Gasteiger partial charge in [-0.1, -0.05) is 6.07 Å². The Labute approximate surface area is 121 Å². The highest BCUT2D eigenvalue weighted by Gasteiger charge is 2.36. The Kier molecular flexibility index (Phi) is 5.45. The molecule has 0 spiro atoms. The van der Waals surface area contributed by atoms with Gasteiger partial charge in [-0.05, 0) is 25.1 Å². The van der Waals surface area contributed by atoms with Gasteiger partial charge in [-0.3, -0.25) is 0 Å². The molecule has 0 amide bonds. The quantitative estimate of drug-likeness (QED) is 0.513. The molecule has 0 saturated heterocycles. The van der Waals surface area contributed by atoms with Crippen molar-refractivity contribution in [3.63, 3.8) is 0 Å². The molecule has 3 nitrogen and oxygen atoms in total. The molecular weight excluding hydrogens is 316 g/mol. The summed E-state index contributed by atoms with van der Waals surface area (Å²) in [7, 11) is 0. The van der Waals surface area contributed by atoms with Crippen LogP contribution in [0.4, 0.5) is 32.0 Å². The topological polar surface area (TPSA) is 38.3 Å². The standard InChI is InChI=1S/C13H11F6NO2/c1-2-22-11(21)7-10(13(17,18)19)20-9-5-3-4-8(6-9)12(14,15)16/h3-7,20H,2H2,1H3. The second-order valence-electron chi connectivity index (χ2n) is 4.01. The van der Waals surface area contributed by atoms with Crippen molar-refractivity contribution in [3.8, 4) is 0 Å². The van der Waals surface area contributed by atoms with Crippen molar-refractivity contribution in [2.75, 3.05) is 11.9 Å². The lowest BCUT2D eigenvalue weighted by Gasteiger charge is -2.15. The molecule has 0 unspecified atom stereocenters. The smallest absolute Gasteiger partial charge is 0.431 e. The van der Waals surface area contributed by atoms with Crippen LogP contribution in [0.2, 0.25) is 0 Å². The number of ether oxygens (including phenoxy) is 1. The number of benzene rings is 1. The summed E-state index contributed by atoms with van der Waals surface area (Å²) < 4.78 is 80.2. The van der Waals surface area contributed by atoms with Crippen molar-refractivity contribution in [1.82, 2.24) is 0 Å². The summed E-state index contributed by atoms with van der Waals surface area (Å²) >= 11 is 0. The first kappa shape index (κ1) is 17.9. The third-order valence-corrected chi connectivity index (χ3v) is 2.32. The second kappa shape index (κ2) is 6.71. The number of hydrogen-bond donors (Lipinski definition) is 1. The number of hydrogen-bond acceptors (Lipinski definition) is 3. The van der Waals surface area contributed by atoms with E-state index in [1.165, 1.54) is 6.92 Å². The monoisotopic (exact) mass is 327 g/mol. The average molecular weight is 327 g/mol. The van der Waals surface area contributed by atoms with Crippen molar-refractivity contribution in [2.24, 2.45) is 0 Å². The molecule has 0 atom stereocenters. The Morgan fingerprint density at radius 1 is 1.23 bits per heavy atom. The van der Waals surface area contributed by atoms with Gasteiger partial charge in [-0.25, -0.2) is 4.79 Å². The first-order valence-electron chi connectivity index (χ1n) is 5.94. The van der Waals surface area contributed by atoms with E-state index in [2.05, 4.69) is 4.74 Å². The van der Waals surface area contributed by atoms with Gasteiger partial charge in [0.2, 0.25) is 0 Å². The molecule has 0 aliphatic rings. The largest absolute Gasteiger partial charge is 0.463 e. The van der Waals surface area contributed by atoms with Gasteiger partial charge in [0.25, 0.3) is 0 Å². The Bertz CT molecular complexity index is 562. The highest BCUT2D eigenvalue weighted by molar-refractivity contribution is 5.83.